The lowest BCUT2D eigenvalue weighted by molar-refractivity contribution is -0.274. The van der Waals surface area contributed by atoms with Crippen molar-refractivity contribution >= 4 is 29.4 Å². The van der Waals surface area contributed by atoms with Gasteiger partial charge in [-0.05, 0) is 37.1 Å². The van der Waals surface area contributed by atoms with Crippen LogP contribution in [0.4, 0.5) is 23.7 Å². The van der Waals surface area contributed by atoms with Crippen molar-refractivity contribution in [1.29, 1.82) is 0 Å². The lowest BCUT2D eigenvalue weighted by Gasteiger charge is -2.35. The Balaban J connectivity index is 1.54. The molecule has 9 nitrogen and oxygen atoms in total. The van der Waals surface area contributed by atoms with E-state index in [4.69, 9.17) is 0 Å². The molecule has 0 bridgehead atoms. The van der Waals surface area contributed by atoms with Crippen molar-refractivity contribution in [2.45, 2.75) is 44.0 Å². The summed E-state index contributed by atoms with van der Waals surface area (Å²) in [6, 6.07) is 4.00. The largest absolute Gasteiger partial charge is 0.573 e. The molecule has 1 aromatic carbocycles. The zero-order valence-corrected chi connectivity index (χ0v) is 18.3. The number of ether oxygens (including phenoxy) is 1. The number of anilines is 1. The predicted octanol–water partition coefficient (Wildman–Crippen LogP) is 2.58. The predicted molar refractivity (Wildman–Crippen MR) is 110 cm³/mol. The van der Waals surface area contributed by atoms with Gasteiger partial charge in [-0.1, -0.05) is 19.3 Å². The Morgan fingerprint density at radius 3 is 2.30 bits per heavy atom. The van der Waals surface area contributed by atoms with E-state index in [2.05, 4.69) is 10.1 Å². The normalized spacial score (nSPS) is 18.0. The van der Waals surface area contributed by atoms with E-state index < -0.39 is 42.0 Å². The van der Waals surface area contributed by atoms with Crippen molar-refractivity contribution in [2.24, 2.45) is 0 Å². The highest BCUT2D eigenvalue weighted by Gasteiger charge is 2.55. The number of halogens is 3. The zero-order chi connectivity index (χ0) is 24.4. The van der Waals surface area contributed by atoms with Crippen LogP contribution in [-0.2, 0) is 14.4 Å². The lowest BCUT2D eigenvalue weighted by atomic mass is 9.81. The first-order chi connectivity index (χ1) is 15.4. The van der Waals surface area contributed by atoms with Gasteiger partial charge in [-0.2, -0.15) is 0 Å². The molecular formula is C21H25F3N4O5. The average Bonchev–Trinajstić information content (AvgIpc) is 2.91. The molecule has 0 atom stereocenters. The van der Waals surface area contributed by atoms with Gasteiger partial charge in [0, 0.05) is 19.8 Å². The number of nitrogens with one attached hydrogen (secondary N) is 1. The summed E-state index contributed by atoms with van der Waals surface area (Å²) in [5.41, 5.74) is -0.686. The molecule has 33 heavy (non-hydrogen) atoms. The quantitative estimate of drug-likeness (QED) is 0.645. The van der Waals surface area contributed by atoms with E-state index in [9.17, 15) is 32.3 Å². The van der Waals surface area contributed by atoms with Gasteiger partial charge in [0.2, 0.25) is 11.8 Å². The van der Waals surface area contributed by atoms with Crippen LogP contribution in [0.25, 0.3) is 0 Å². The maximum atomic E-state index is 13.0. The van der Waals surface area contributed by atoms with Gasteiger partial charge >= 0.3 is 12.4 Å². The first kappa shape index (κ1) is 24.3. The molecule has 1 N–H and O–H groups in total. The Labute approximate surface area is 188 Å². The summed E-state index contributed by atoms with van der Waals surface area (Å²) in [4.78, 5) is 53.8. The molecule has 1 aliphatic carbocycles. The molecule has 2 fully saturated rings. The Hall–Kier alpha value is -3.31. The monoisotopic (exact) mass is 470 g/mol. The summed E-state index contributed by atoms with van der Waals surface area (Å²) >= 11 is 0. The van der Waals surface area contributed by atoms with Crippen LogP contribution in [0, 0.1) is 0 Å². The van der Waals surface area contributed by atoms with E-state index in [0.29, 0.717) is 12.8 Å². The fraction of sp³-hybridized carbons (Fsp3) is 0.524. The van der Waals surface area contributed by atoms with Gasteiger partial charge in [0.25, 0.3) is 5.91 Å². The number of alkyl halides is 3. The van der Waals surface area contributed by atoms with Crippen molar-refractivity contribution in [3.63, 3.8) is 0 Å². The number of imide groups is 1. The van der Waals surface area contributed by atoms with E-state index in [1.165, 1.54) is 24.1 Å². The van der Waals surface area contributed by atoms with Gasteiger partial charge < -0.3 is 19.9 Å². The molecule has 0 aromatic heterocycles. The molecule has 1 spiro atoms. The number of carbonyl (C=O) groups is 4. The van der Waals surface area contributed by atoms with Crippen molar-refractivity contribution < 1.29 is 37.1 Å². The second-order valence-electron chi connectivity index (χ2n) is 8.20. The number of hydrogen-bond acceptors (Lipinski definition) is 5. The number of urea groups is 1. The summed E-state index contributed by atoms with van der Waals surface area (Å²) in [5, 5.41) is 2.46. The van der Waals surface area contributed by atoms with Crippen LogP contribution >= 0.6 is 0 Å². The molecule has 3 rings (SSSR count). The summed E-state index contributed by atoms with van der Waals surface area (Å²) in [6.45, 7) is -0.853. The van der Waals surface area contributed by atoms with E-state index in [1.807, 2.05) is 0 Å². The SMILES string of the molecule is CN(CC(=O)Nc1ccc(OC(F)(F)F)cc1)C(=O)CN1C(=O)N(C)C2(CCCCC2)C1=O. The topological polar surface area (TPSA) is 99.3 Å². The minimum absolute atomic E-state index is 0.209. The molecule has 0 radical (unpaired) electrons. The van der Waals surface area contributed by atoms with Crippen LogP contribution in [0.3, 0.4) is 0 Å². The summed E-state index contributed by atoms with van der Waals surface area (Å²) in [5.74, 6) is -2.02. The van der Waals surface area contributed by atoms with Gasteiger partial charge in [-0.25, -0.2) is 4.79 Å². The number of amides is 5. The molecule has 12 heteroatoms. The van der Waals surface area contributed by atoms with Crippen molar-refractivity contribution in [3.05, 3.63) is 24.3 Å². The summed E-state index contributed by atoms with van der Waals surface area (Å²) in [6.07, 6.45) is -1.06. The van der Waals surface area contributed by atoms with Gasteiger partial charge in [0.05, 0.1) is 6.54 Å². The molecule has 1 aromatic rings. The van der Waals surface area contributed by atoms with Crippen LogP contribution in [0.15, 0.2) is 24.3 Å². The highest BCUT2D eigenvalue weighted by atomic mass is 19.4. The molecule has 5 amide bonds. The highest BCUT2D eigenvalue weighted by Crippen LogP contribution is 2.39. The Morgan fingerprint density at radius 2 is 1.73 bits per heavy atom. The minimum atomic E-state index is -4.82. The first-order valence-electron chi connectivity index (χ1n) is 10.4. The van der Waals surface area contributed by atoms with Gasteiger partial charge in [-0.3, -0.25) is 19.3 Å². The molecule has 180 valence electrons. The fourth-order valence-corrected chi connectivity index (χ4v) is 4.17. The van der Waals surface area contributed by atoms with Crippen molar-refractivity contribution in [1.82, 2.24) is 14.7 Å². The van der Waals surface area contributed by atoms with Crippen LogP contribution in [0.5, 0.6) is 5.75 Å². The smallest absolute Gasteiger partial charge is 0.406 e. The number of rotatable bonds is 6. The number of likely N-dealkylation sites (N-methyl/N-ethyl adjacent to an activating group) is 2. The molecule has 1 aliphatic heterocycles. The van der Waals surface area contributed by atoms with Gasteiger partial charge in [0.15, 0.2) is 0 Å². The second kappa shape index (κ2) is 9.28. The zero-order valence-electron chi connectivity index (χ0n) is 18.3. The van der Waals surface area contributed by atoms with Crippen LogP contribution in [-0.4, -0.2) is 77.5 Å². The Morgan fingerprint density at radius 1 is 1.12 bits per heavy atom. The number of nitrogens with zero attached hydrogens (tertiary/aromatic N) is 3. The molecule has 0 unspecified atom stereocenters. The second-order valence-corrected chi connectivity index (χ2v) is 8.20. The third-order valence-corrected chi connectivity index (χ3v) is 5.96. The van der Waals surface area contributed by atoms with Crippen LogP contribution in [0.2, 0.25) is 0 Å². The molecule has 1 saturated carbocycles. The molecular weight excluding hydrogens is 445 g/mol. The third kappa shape index (κ3) is 5.37. The Bertz CT molecular complexity index is 929. The maximum absolute atomic E-state index is 13.0. The van der Waals surface area contributed by atoms with E-state index in [0.717, 1.165) is 41.2 Å². The maximum Gasteiger partial charge on any atom is 0.573 e. The van der Waals surface area contributed by atoms with Gasteiger partial charge in [-0.15, -0.1) is 13.2 Å². The van der Waals surface area contributed by atoms with Crippen LogP contribution < -0.4 is 10.1 Å². The summed E-state index contributed by atoms with van der Waals surface area (Å²) < 4.78 is 40.4. The summed E-state index contributed by atoms with van der Waals surface area (Å²) in [7, 11) is 2.92. The first-order valence-corrected chi connectivity index (χ1v) is 10.4. The Kier molecular flexibility index (Phi) is 6.84. The highest BCUT2D eigenvalue weighted by molar-refractivity contribution is 6.09. The molecule has 1 saturated heterocycles. The fourth-order valence-electron chi connectivity index (χ4n) is 4.17. The lowest BCUT2D eigenvalue weighted by Crippen LogP contribution is -2.49. The average molecular weight is 470 g/mol. The van der Waals surface area contributed by atoms with E-state index in [1.54, 1.807) is 7.05 Å². The van der Waals surface area contributed by atoms with Crippen molar-refractivity contribution in [3.8, 4) is 5.75 Å². The van der Waals surface area contributed by atoms with E-state index in [-0.39, 0.29) is 18.1 Å². The number of hydrogen-bond donors (Lipinski definition) is 1. The third-order valence-electron chi connectivity index (χ3n) is 5.96. The number of carbonyl (C=O) groups excluding carboxylic acids is 4. The van der Waals surface area contributed by atoms with Crippen LogP contribution in [0.1, 0.15) is 32.1 Å². The van der Waals surface area contributed by atoms with Crippen molar-refractivity contribution in [2.75, 3.05) is 32.5 Å². The minimum Gasteiger partial charge on any atom is -0.406 e. The molecule has 1 heterocycles. The number of benzene rings is 1. The van der Waals surface area contributed by atoms with Gasteiger partial charge in [0.1, 0.15) is 17.8 Å². The molecule has 2 aliphatic rings. The standard InChI is InChI=1S/C21H25F3N4O5/c1-26(12-16(29)25-14-6-8-15(9-7-14)33-21(22,23)24)17(30)13-28-18(31)20(27(2)19(28)32)10-4-3-5-11-20/h6-9H,3-5,10-13H2,1-2H3,(H,25,29). The van der Waals surface area contributed by atoms with E-state index >= 15 is 0 Å².